The Kier molecular flexibility index (Phi) is 4.49. The van der Waals surface area contributed by atoms with E-state index in [1.165, 1.54) is 21.3 Å². The third-order valence-electron chi connectivity index (χ3n) is 2.52. The zero-order valence-corrected chi connectivity index (χ0v) is 11.5. The van der Waals surface area contributed by atoms with E-state index in [1.807, 2.05) is 30.3 Å². The second-order valence-electron chi connectivity index (χ2n) is 3.74. The molecule has 1 aromatic heterocycles. The van der Waals surface area contributed by atoms with E-state index in [4.69, 9.17) is 14.2 Å². The van der Waals surface area contributed by atoms with Gasteiger partial charge in [0.1, 0.15) is 5.56 Å². The van der Waals surface area contributed by atoms with Crippen LogP contribution >= 0.6 is 0 Å². The fourth-order valence-corrected chi connectivity index (χ4v) is 1.58. The van der Waals surface area contributed by atoms with E-state index in [-0.39, 0.29) is 6.01 Å². The molecule has 0 aliphatic rings. The number of hydrogen-bond acceptors (Lipinski definition) is 6. The smallest absolute Gasteiger partial charge is 0.322 e. The Morgan fingerprint density at radius 2 is 1.50 bits per heavy atom. The largest absolute Gasteiger partial charge is 0.480 e. The van der Waals surface area contributed by atoms with Gasteiger partial charge in [0.15, 0.2) is 0 Å². The molecule has 104 valence electrons. The van der Waals surface area contributed by atoms with Crippen LogP contribution in [-0.4, -0.2) is 37.5 Å². The fourth-order valence-electron chi connectivity index (χ4n) is 1.58. The lowest BCUT2D eigenvalue weighted by molar-refractivity contribution is 0.328. The summed E-state index contributed by atoms with van der Waals surface area (Å²) >= 11 is 0. The van der Waals surface area contributed by atoms with Crippen LogP contribution in [0.3, 0.4) is 0 Å². The van der Waals surface area contributed by atoms with E-state index < -0.39 is 0 Å². The molecule has 0 radical (unpaired) electrons. The minimum absolute atomic E-state index is 0.176. The first-order valence-corrected chi connectivity index (χ1v) is 5.91. The maximum Gasteiger partial charge on any atom is 0.322 e. The van der Waals surface area contributed by atoms with E-state index in [9.17, 15) is 0 Å². The van der Waals surface area contributed by atoms with Gasteiger partial charge in [0.05, 0.1) is 27.0 Å². The molecule has 1 aromatic carbocycles. The molecular weight excluding hydrogens is 258 g/mol. The lowest BCUT2D eigenvalue weighted by Crippen LogP contribution is -2.03. The first-order valence-electron chi connectivity index (χ1n) is 5.91. The van der Waals surface area contributed by atoms with Gasteiger partial charge in [-0.25, -0.2) is 0 Å². The number of aromatic nitrogens is 2. The molecule has 0 amide bonds. The summed E-state index contributed by atoms with van der Waals surface area (Å²) < 4.78 is 15.4. The van der Waals surface area contributed by atoms with Gasteiger partial charge in [0.25, 0.3) is 0 Å². The molecule has 0 unspecified atom stereocenters. The van der Waals surface area contributed by atoms with Crippen molar-refractivity contribution in [1.82, 2.24) is 9.97 Å². The van der Waals surface area contributed by atoms with Crippen molar-refractivity contribution in [3.05, 3.63) is 35.9 Å². The van der Waals surface area contributed by atoms with Gasteiger partial charge in [-0.3, -0.25) is 4.99 Å². The average Bonchev–Trinajstić information content (AvgIpc) is 2.52. The number of para-hydroxylation sites is 1. The number of ether oxygens (including phenoxy) is 3. The maximum atomic E-state index is 5.22. The maximum absolute atomic E-state index is 5.22. The van der Waals surface area contributed by atoms with Crippen molar-refractivity contribution < 1.29 is 14.2 Å². The van der Waals surface area contributed by atoms with Crippen molar-refractivity contribution in [2.24, 2.45) is 4.99 Å². The molecule has 2 aromatic rings. The second kappa shape index (κ2) is 6.51. The summed E-state index contributed by atoms with van der Waals surface area (Å²) in [5.41, 5.74) is 1.37. The molecule has 0 bridgehead atoms. The van der Waals surface area contributed by atoms with Crippen molar-refractivity contribution in [3.63, 3.8) is 0 Å². The minimum atomic E-state index is 0.176. The van der Waals surface area contributed by atoms with E-state index in [0.717, 1.165) is 5.69 Å². The van der Waals surface area contributed by atoms with Gasteiger partial charge in [0.2, 0.25) is 11.8 Å². The summed E-state index contributed by atoms with van der Waals surface area (Å²) in [5.74, 6) is 0.682. The lowest BCUT2D eigenvalue weighted by atomic mass is 10.3. The summed E-state index contributed by atoms with van der Waals surface area (Å²) in [5, 5.41) is 0. The number of aliphatic imine (C=N–C) groups is 1. The molecule has 0 fully saturated rings. The molecule has 6 nitrogen and oxygen atoms in total. The van der Waals surface area contributed by atoms with Gasteiger partial charge >= 0.3 is 6.01 Å². The quantitative estimate of drug-likeness (QED) is 0.782. The summed E-state index contributed by atoms with van der Waals surface area (Å²) in [4.78, 5) is 12.6. The average molecular weight is 273 g/mol. The van der Waals surface area contributed by atoms with Gasteiger partial charge in [-0.2, -0.15) is 9.97 Å². The first-order chi connectivity index (χ1) is 9.78. The molecule has 0 N–H and O–H groups in total. The Balaban J connectivity index is 2.42. The minimum Gasteiger partial charge on any atom is -0.480 e. The lowest BCUT2D eigenvalue weighted by Gasteiger charge is -2.09. The molecule has 2 rings (SSSR count). The Bertz CT molecular complexity index is 575. The van der Waals surface area contributed by atoms with Crippen molar-refractivity contribution in [3.8, 4) is 17.8 Å². The number of methoxy groups -OCH3 is 3. The molecule has 0 saturated carbocycles. The topological polar surface area (TPSA) is 65.8 Å². The Morgan fingerprint density at radius 3 is 2.00 bits per heavy atom. The number of hydrogen-bond donors (Lipinski definition) is 0. The zero-order valence-electron chi connectivity index (χ0n) is 11.5. The highest BCUT2D eigenvalue weighted by Gasteiger charge is 2.14. The van der Waals surface area contributed by atoms with Gasteiger partial charge < -0.3 is 14.2 Å². The Hall–Kier alpha value is -2.63. The van der Waals surface area contributed by atoms with Gasteiger partial charge in [-0.15, -0.1) is 0 Å². The molecule has 0 saturated heterocycles. The highest BCUT2D eigenvalue weighted by molar-refractivity contribution is 5.87. The van der Waals surface area contributed by atoms with Crippen molar-refractivity contribution in [2.45, 2.75) is 0 Å². The Morgan fingerprint density at radius 1 is 0.900 bits per heavy atom. The first kappa shape index (κ1) is 13.8. The van der Waals surface area contributed by atoms with Crippen LogP contribution in [0.15, 0.2) is 35.3 Å². The molecule has 0 spiro atoms. The second-order valence-corrected chi connectivity index (χ2v) is 3.74. The highest BCUT2D eigenvalue weighted by atomic mass is 16.5. The van der Waals surface area contributed by atoms with Crippen LogP contribution in [0.5, 0.6) is 17.8 Å². The third-order valence-corrected chi connectivity index (χ3v) is 2.52. The summed E-state index contributed by atoms with van der Waals surface area (Å²) in [6.45, 7) is 0. The van der Waals surface area contributed by atoms with Crippen LogP contribution in [0.4, 0.5) is 5.69 Å². The number of benzene rings is 1. The molecule has 0 aliphatic carbocycles. The van der Waals surface area contributed by atoms with Crippen LogP contribution in [0, 0.1) is 0 Å². The Labute approximate surface area is 117 Å². The molecule has 20 heavy (non-hydrogen) atoms. The predicted molar refractivity (Wildman–Crippen MR) is 75.4 cm³/mol. The van der Waals surface area contributed by atoms with Crippen LogP contribution in [0.1, 0.15) is 5.56 Å². The van der Waals surface area contributed by atoms with Gasteiger partial charge in [-0.1, -0.05) is 18.2 Å². The molecular formula is C14H15N3O3. The molecule has 0 aliphatic heterocycles. The normalized spacial score (nSPS) is 10.6. The zero-order chi connectivity index (χ0) is 14.4. The van der Waals surface area contributed by atoms with Crippen molar-refractivity contribution in [1.29, 1.82) is 0 Å². The third kappa shape index (κ3) is 3.03. The van der Waals surface area contributed by atoms with Crippen LogP contribution in [-0.2, 0) is 0 Å². The molecule has 6 heteroatoms. The number of nitrogens with zero attached hydrogens (tertiary/aromatic N) is 3. The molecule has 1 heterocycles. The number of rotatable bonds is 5. The van der Waals surface area contributed by atoms with Gasteiger partial charge in [0, 0.05) is 6.21 Å². The summed E-state index contributed by atoms with van der Waals surface area (Å²) in [7, 11) is 4.51. The van der Waals surface area contributed by atoms with E-state index >= 15 is 0 Å². The predicted octanol–water partition coefficient (Wildman–Crippen LogP) is 2.25. The fraction of sp³-hybridized carbons (Fsp3) is 0.214. The highest BCUT2D eigenvalue weighted by Crippen LogP contribution is 2.26. The van der Waals surface area contributed by atoms with E-state index in [0.29, 0.717) is 17.3 Å². The van der Waals surface area contributed by atoms with Crippen molar-refractivity contribution >= 4 is 11.9 Å². The van der Waals surface area contributed by atoms with Crippen LogP contribution in [0.25, 0.3) is 0 Å². The molecule has 0 atom stereocenters. The van der Waals surface area contributed by atoms with E-state index in [2.05, 4.69) is 15.0 Å². The van der Waals surface area contributed by atoms with Gasteiger partial charge in [-0.05, 0) is 12.1 Å². The SMILES string of the molecule is COc1nc(OC)c(C=Nc2ccccc2)c(OC)n1. The van der Waals surface area contributed by atoms with Crippen LogP contribution < -0.4 is 14.2 Å². The summed E-state index contributed by atoms with van der Waals surface area (Å²) in [6.07, 6.45) is 1.60. The standard InChI is InChI=1S/C14H15N3O3/c1-18-12-11(9-15-10-7-5-4-6-8-10)13(19-2)17-14(16-12)20-3/h4-9H,1-3H3. The summed E-state index contributed by atoms with van der Waals surface area (Å²) in [6, 6.07) is 9.70. The van der Waals surface area contributed by atoms with E-state index in [1.54, 1.807) is 6.21 Å². The van der Waals surface area contributed by atoms with Crippen molar-refractivity contribution in [2.75, 3.05) is 21.3 Å². The van der Waals surface area contributed by atoms with Crippen LogP contribution in [0.2, 0.25) is 0 Å². The monoisotopic (exact) mass is 273 g/mol.